The van der Waals surface area contributed by atoms with Gasteiger partial charge in [-0.1, -0.05) is 12.8 Å². The molecule has 25 heavy (non-hydrogen) atoms. The van der Waals surface area contributed by atoms with Crippen LogP contribution in [0.15, 0.2) is 12.1 Å². The van der Waals surface area contributed by atoms with Gasteiger partial charge in [0.25, 0.3) is 5.91 Å². The van der Waals surface area contributed by atoms with E-state index < -0.39 is 0 Å². The second kappa shape index (κ2) is 7.86. The van der Waals surface area contributed by atoms with Gasteiger partial charge < -0.3 is 14.8 Å². The summed E-state index contributed by atoms with van der Waals surface area (Å²) in [5, 5.41) is 7.56. The monoisotopic (exact) mass is 364 g/mol. The minimum absolute atomic E-state index is 0.167. The minimum Gasteiger partial charge on any atom is -0.481 e. The highest BCUT2D eigenvalue weighted by Gasteiger charge is 2.32. The first kappa shape index (κ1) is 17.7. The Morgan fingerprint density at radius 3 is 2.56 bits per heavy atom. The van der Waals surface area contributed by atoms with Crippen LogP contribution in [-0.4, -0.2) is 59.4 Å². The molecule has 2 heterocycles. The summed E-state index contributed by atoms with van der Waals surface area (Å²) >= 11 is 5.55. The number of ether oxygens (including phenoxy) is 2. The number of hydrogen-bond donors (Lipinski definition) is 1. The van der Waals surface area contributed by atoms with Gasteiger partial charge in [0.2, 0.25) is 11.8 Å². The van der Waals surface area contributed by atoms with Crippen LogP contribution in [0.5, 0.6) is 11.8 Å². The normalized spacial score (nSPS) is 17.7. The smallest absolute Gasteiger partial charge is 0.277 e. The summed E-state index contributed by atoms with van der Waals surface area (Å²) in [5.41, 5.74) is 0.402. The number of rotatable bonds is 4. The van der Waals surface area contributed by atoms with Gasteiger partial charge in [-0.25, -0.2) is 5.01 Å². The number of aromatic nitrogens is 1. The number of thiocarbonyl (C=S) groups is 1. The van der Waals surface area contributed by atoms with Crippen LogP contribution >= 0.6 is 12.2 Å². The first-order valence-corrected chi connectivity index (χ1v) is 9.03. The molecule has 1 aromatic rings. The summed E-state index contributed by atoms with van der Waals surface area (Å²) in [4.78, 5) is 17.2. The molecule has 1 aliphatic heterocycles. The van der Waals surface area contributed by atoms with Crippen molar-refractivity contribution >= 4 is 23.2 Å². The van der Waals surface area contributed by atoms with E-state index in [2.05, 4.69) is 10.3 Å². The number of hydrogen-bond acceptors (Lipinski definition) is 5. The van der Waals surface area contributed by atoms with E-state index in [0.717, 1.165) is 25.8 Å². The van der Waals surface area contributed by atoms with Gasteiger partial charge in [-0.2, -0.15) is 4.98 Å². The van der Waals surface area contributed by atoms with Crippen molar-refractivity contribution in [3.8, 4) is 11.8 Å². The van der Waals surface area contributed by atoms with Crippen molar-refractivity contribution < 1.29 is 14.3 Å². The molecule has 1 aromatic heterocycles. The molecule has 0 aromatic carbocycles. The molecular formula is C17H24N4O3S. The second-order valence-electron chi connectivity index (χ2n) is 6.25. The third-order valence-corrected chi connectivity index (χ3v) is 4.98. The molecule has 0 spiro atoms. The van der Waals surface area contributed by atoms with Crippen LogP contribution < -0.4 is 14.8 Å². The van der Waals surface area contributed by atoms with Crippen molar-refractivity contribution in [2.45, 2.75) is 38.1 Å². The number of methoxy groups -OCH3 is 2. The molecule has 2 aliphatic rings. The van der Waals surface area contributed by atoms with Gasteiger partial charge in [0, 0.05) is 25.2 Å². The zero-order valence-corrected chi connectivity index (χ0v) is 15.5. The molecule has 1 saturated carbocycles. The van der Waals surface area contributed by atoms with E-state index >= 15 is 0 Å². The van der Waals surface area contributed by atoms with E-state index in [9.17, 15) is 4.79 Å². The van der Waals surface area contributed by atoms with E-state index in [0.29, 0.717) is 29.1 Å². The predicted molar refractivity (Wildman–Crippen MR) is 97.7 cm³/mol. The van der Waals surface area contributed by atoms with E-state index in [1.54, 1.807) is 17.1 Å². The highest BCUT2D eigenvalue weighted by atomic mass is 32.1. The lowest BCUT2D eigenvalue weighted by Gasteiger charge is -2.31. The molecule has 1 saturated heterocycles. The average Bonchev–Trinajstić information content (AvgIpc) is 3.32. The highest BCUT2D eigenvalue weighted by molar-refractivity contribution is 7.80. The maximum atomic E-state index is 13.0. The number of carbonyl (C=O) groups excluding carboxylic acids is 1. The molecule has 0 radical (unpaired) electrons. The summed E-state index contributed by atoms with van der Waals surface area (Å²) in [7, 11) is 3.02. The van der Waals surface area contributed by atoms with Crippen molar-refractivity contribution in [3.63, 3.8) is 0 Å². The van der Waals surface area contributed by atoms with E-state index in [1.165, 1.54) is 27.1 Å². The largest absolute Gasteiger partial charge is 0.481 e. The van der Waals surface area contributed by atoms with Gasteiger partial charge in [0.05, 0.1) is 14.2 Å². The van der Waals surface area contributed by atoms with Gasteiger partial charge in [-0.15, -0.1) is 0 Å². The van der Waals surface area contributed by atoms with Crippen LogP contribution in [0.2, 0.25) is 0 Å². The Labute approximate surface area is 153 Å². The number of amides is 1. The third kappa shape index (κ3) is 3.78. The SMILES string of the molecule is COc1ccc(C(=O)N2CCCN2C(=S)NC2CCCC2)c(OC)n1. The first-order chi connectivity index (χ1) is 12.1. The van der Waals surface area contributed by atoms with Crippen molar-refractivity contribution in [2.24, 2.45) is 0 Å². The summed E-state index contributed by atoms with van der Waals surface area (Å²) in [6, 6.07) is 3.75. The van der Waals surface area contributed by atoms with Crippen LogP contribution in [0.4, 0.5) is 0 Å². The fraction of sp³-hybridized carbons (Fsp3) is 0.588. The average molecular weight is 364 g/mol. The number of nitrogens with one attached hydrogen (secondary N) is 1. The fourth-order valence-electron chi connectivity index (χ4n) is 3.35. The number of nitrogens with zero attached hydrogens (tertiary/aromatic N) is 3. The van der Waals surface area contributed by atoms with Crippen molar-refractivity contribution in [1.82, 2.24) is 20.3 Å². The molecular weight excluding hydrogens is 340 g/mol. The Bertz CT molecular complexity index is 649. The van der Waals surface area contributed by atoms with Gasteiger partial charge in [0.15, 0.2) is 5.11 Å². The number of carbonyl (C=O) groups is 1. The molecule has 0 unspecified atom stereocenters. The van der Waals surface area contributed by atoms with Crippen LogP contribution in [0.1, 0.15) is 42.5 Å². The molecule has 1 aliphatic carbocycles. The molecule has 2 fully saturated rings. The Morgan fingerprint density at radius 2 is 1.88 bits per heavy atom. The Morgan fingerprint density at radius 1 is 1.16 bits per heavy atom. The molecule has 136 valence electrons. The Balaban J connectivity index is 1.75. The maximum Gasteiger partial charge on any atom is 0.277 e. The highest BCUT2D eigenvalue weighted by Crippen LogP contribution is 2.24. The quantitative estimate of drug-likeness (QED) is 0.820. The molecule has 0 atom stereocenters. The van der Waals surface area contributed by atoms with Crippen LogP contribution in [0.3, 0.4) is 0 Å². The number of pyridine rings is 1. The maximum absolute atomic E-state index is 13.0. The van der Waals surface area contributed by atoms with E-state index in [4.69, 9.17) is 21.7 Å². The van der Waals surface area contributed by atoms with Gasteiger partial charge in [-0.05, 0) is 37.5 Å². The molecule has 3 rings (SSSR count). The summed E-state index contributed by atoms with van der Waals surface area (Å²) in [6.07, 6.45) is 5.62. The lowest BCUT2D eigenvalue weighted by atomic mass is 10.2. The summed E-state index contributed by atoms with van der Waals surface area (Å²) in [6.45, 7) is 1.36. The van der Waals surface area contributed by atoms with Crippen molar-refractivity contribution in [1.29, 1.82) is 0 Å². The number of hydrazine groups is 1. The summed E-state index contributed by atoms with van der Waals surface area (Å²) in [5.74, 6) is 0.496. The lowest BCUT2D eigenvalue weighted by Crippen LogP contribution is -2.51. The van der Waals surface area contributed by atoms with Crippen molar-refractivity contribution in [3.05, 3.63) is 17.7 Å². The lowest BCUT2D eigenvalue weighted by molar-refractivity contribution is 0.0485. The molecule has 1 N–H and O–H groups in total. The van der Waals surface area contributed by atoms with Gasteiger partial charge >= 0.3 is 0 Å². The van der Waals surface area contributed by atoms with E-state index in [1.807, 2.05) is 5.01 Å². The molecule has 7 nitrogen and oxygen atoms in total. The third-order valence-electron chi connectivity index (χ3n) is 4.65. The van der Waals surface area contributed by atoms with Gasteiger partial charge in [-0.3, -0.25) is 9.80 Å². The molecule has 0 bridgehead atoms. The fourth-order valence-corrected chi connectivity index (χ4v) is 3.70. The van der Waals surface area contributed by atoms with Crippen LogP contribution in [0.25, 0.3) is 0 Å². The standard InChI is InChI=1S/C17H24N4O3S/c1-23-14-9-8-13(15(19-14)24-2)16(22)20-10-5-11-21(20)17(25)18-12-6-3-4-7-12/h8-9,12H,3-7,10-11H2,1-2H3,(H,18,25). The zero-order chi connectivity index (χ0) is 17.8. The Hall–Kier alpha value is -2.09. The van der Waals surface area contributed by atoms with Crippen LogP contribution in [-0.2, 0) is 0 Å². The van der Waals surface area contributed by atoms with E-state index in [-0.39, 0.29) is 11.8 Å². The molecule has 8 heteroatoms. The zero-order valence-electron chi connectivity index (χ0n) is 14.7. The first-order valence-electron chi connectivity index (χ1n) is 8.63. The topological polar surface area (TPSA) is 66.9 Å². The van der Waals surface area contributed by atoms with Crippen molar-refractivity contribution in [2.75, 3.05) is 27.3 Å². The second-order valence-corrected chi connectivity index (χ2v) is 6.63. The van der Waals surface area contributed by atoms with Crippen LogP contribution in [0, 0.1) is 0 Å². The Kier molecular flexibility index (Phi) is 5.57. The predicted octanol–water partition coefficient (Wildman–Crippen LogP) is 1.98. The van der Waals surface area contributed by atoms with Gasteiger partial charge in [0.1, 0.15) is 5.56 Å². The molecule has 1 amide bonds. The minimum atomic E-state index is -0.167. The summed E-state index contributed by atoms with van der Waals surface area (Å²) < 4.78 is 10.4.